The van der Waals surface area contributed by atoms with Gasteiger partial charge in [-0.2, -0.15) is 18.4 Å². The summed E-state index contributed by atoms with van der Waals surface area (Å²) in [6.45, 7) is 0. The van der Waals surface area contributed by atoms with Crippen LogP contribution in [0.15, 0.2) is 48.5 Å². The van der Waals surface area contributed by atoms with Crippen LogP contribution in [0.1, 0.15) is 11.1 Å². The van der Waals surface area contributed by atoms with Crippen LogP contribution in [0.25, 0.3) is 11.1 Å². The standard InChI is InChI=1S/C15H10F3N/c16-15(17,18)14-7-6-12(10-13(14)8-9-19)11-4-2-1-3-5-11/h1-7,10H,8H2. The Labute approximate surface area is 108 Å². The number of rotatable bonds is 2. The van der Waals surface area contributed by atoms with Crippen molar-refractivity contribution in [3.8, 4) is 17.2 Å². The molecular weight excluding hydrogens is 251 g/mol. The molecule has 0 aromatic heterocycles. The van der Waals surface area contributed by atoms with E-state index in [2.05, 4.69) is 0 Å². The largest absolute Gasteiger partial charge is 0.416 e. The Bertz CT molecular complexity index is 610. The minimum absolute atomic E-state index is 0.0105. The second-order valence-corrected chi connectivity index (χ2v) is 4.07. The molecule has 0 fully saturated rings. The summed E-state index contributed by atoms with van der Waals surface area (Å²) in [4.78, 5) is 0. The first-order chi connectivity index (χ1) is 9.02. The predicted octanol–water partition coefficient (Wildman–Crippen LogP) is 4.44. The van der Waals surface area contributed by atoms with Crippen LogP contribution in [0.4, 0.5) is 13.2 Å². The van der Waals surface area contributed by atoms with Crippen LogP contribution in [0.3, 0.4) is 0 Å². The van der Waals surface area contributed by atoms with E-state index in [0.29, 0.717) is 5.56 Å². The number of halogens is 3. The molecule has 0 aliphatic carbocycles. The van der Waals surface area contributed by atoms with E-state index in [4.69, 9.17) is 5.26 Å². The summed E-state index contributed by atoms with van der Waals surface area (Å²) in [6.07, 6.45) is -4.68. The van der Waals surface area contributed by atoms with Crippen molar-refractivity contribution in [1.29, 1.82) is 5.26 Å². The molecule has 0 aliphatic heterocycles. The maximum Gasteiger partial charge on any atom is 0.416 e. The maximum atomic E-state index is 12.8. The summed E-state index contributed by atoms with van der Waals surface area (Å²) in [7, 11) is 0. The van der Waals surface area contributed by atoms with Crippen molar-refractivity contribution in [3.05, 3.63) is 59.7 Å². The molecule has 0 saturated heterocycles. The Morgan fingerprint density at radius 2 is 1.63 bits per heavy atom. The van der Waals surface area contributed by atoms with Crippen LogP contribution in [0.5, 0.6) is 0 Å². The van der Waals surface area contributed by atoms with Gasteiger partial charge in [-0.3, -0.25) is 0 Å². The maximum absolute atomic E-state index is 12.8. The molecule has 4 heteroatoms. The van der Waals surface area contributed by atoms with Crippen molar-refractivity contribution in [2.75, 3.05) is 0 Å². The molecule has 0 aliphatic rings. The van der Waals surface area contributed by atoms with Crippen molar-refractivity contribution in [1.82, 2.24) is 0 Å². The molecule has 0 unspecified atom stereocenters. The summed E-state index contributed by atoms with van der Waals surface area (Å²) < 4.78 is 38.4. The highest BCUT2D eigenvalue weighted by Crippen LogP contribution is 2.34. The Morgan fingerprint density at radius 1 is 0.947 bits per heavy atom. The van der Waals surface area contributed by atoms with Crippen molar-refractivity contribution in [2.45, 2.75) is 12.6 Å². The Balaban J connectivity index is 2.52. The number of nitrogens with zero attached hydrogens (tertiary/aromatic N) is 1. The highest BCUT2D eigenvalue weighted by atomic mass is 19.4. The number of nitriles is 1. The second kappa shape index (κ2) is 5.15. The quantitative estimate of drug-likeness (QED) is 0.784. The summed E-state index contributed by atoms with van der Waals surface area (Å²) in [6, 6.07) is 14.8. The van der Waals surface area contributed by atoms with Crippen molar-refractivity contribution >= 4 is 0 Å². The van der Waals surface area contributed by atoms with Crippen LogP contribution >= 0.6 is 0 Å². The SMILES string of the molecule is N#CCc1cc(-c2ccccc2)ccc1C(F)(F)F. The van der Waals surface area contributed by atoms with Gasteiger partial charge in [-0.25, -0.2) is 0 Å². The summed E-state index contributed by atoms with van der Waals surface area (Å²) >= 11 is 0. The minimum Gasteiger partial charge on any atom is -0.198 e. The highest BCUT2D eigenvalue weighted by molar-refractivity contribution is 5.65. The van der Waals surface area contributed by atoms with Crippen molar-refractivity contribution in [2.24, 2.45) is 0 Å². The molecule has 0 heterocycles. The molecule has 0 N–H and O–H groups in total. The lowest BCUT2D eigenvalue weighted by Gasteiger charge is -2.12. The lowest BCUT2D eigenvalue weighted by Crippen LogP contribution is -2.09. The third kappa shape index (κ3) is 2.94. The van der Waals surface area contributed by atoms with Gasteiger partial charge in [0, 0.05) is 0 Å². The van der Waals surface area contributed by atoms with E-state index in [0.717, 1.165) is 11.6 Å². The molecule has 0 atom stereocenters. The van der Waals surface area contributed by atoms with Crippen molar-refractivity contribution < 1.29 is 13.2 Å². The fourth-order valence-electron chi connectivity index (χ4n) is 1.91. The monoisotopic (exact) mass is 261 g/mol. The number of hydrogen-bond donors (Lipinski definition) is 0. The molecular formula is C15H10F3N. The topological polar surface area (TPSA) is 23.8 Å². The Kier molecular flexibility index (Phi) is 3.57. The predicted molar refractivity (Wildman–Crippen MR) is 66.2 cm³/mol. The van der Waals surface area contributed by atoms with E-state index in [9.17, 15) is 13.2 Å². The molecule has 0 saturated carbocycles. The zero-order valence-corrected chi connectivity index (χ0v) is 9.91. The van der Waals surface area contributed by atoms with Gasteiger partial charge in [0.25, 0.3) is 0 Å². The first-order valence-corrected chi connectivity index (χ1v) is 5.65. The van der Waals surface area contributed by atoms with Gasteiger partial charge in [-0.1, -0.05) is 36.4 Å². The molecule has 0 amide bonds. The molecule has 2 rings (SSSR count). The van der Waals surface area contributed by atoms with E-state index in [1.807, 2.05) is 30.3 Å². The minimum atomic E-state index is -4.43. The molecule has 19 heavy (non-hydrogen) atoms. The Hall–Kier alpha value is -2.28. The average molecular weight is 261 g/mol. The fourth-order valence-corrected chi connectivity index (χ4v) is 1.91. The molecule has 96 valence electrons. The lowest BCUT2D eigenvalue weighted by atomic mass is 9.97. The molecule has 1 nitrogen and oxygen atoms in total. The molecule has 0 bridgehead atoms. The smallest absolute Gasteiger partial charge is 0.198 e. The normalized spacial score (nSPS) is 11.1. The summed E-state index contributed by atoms with van der Waals surface area (Å²) in [5.74, 6) is 0. The zero-order chi connectivity index (χ0) is 13.9. The van der Waals surface area contributed by atoms with Crippen molar-refractivity contribution in [3.63, 3.8) is 0 Å². The van der Waals surface area contributed by atoms with E-state index in [1.165, 1.54) is 12.1 Å². The van der Waals surface area contributed by atoms with Gasteiger partial charge in [0.05, 0.1) is 18.1 Å². The molecule has 2 aromatic carbocycles. The summed E-state index contributed by atoms with van der Waals surface area (Å²) in [5.41, 5.74) is 0.777. The fraction of sp³-hybridized carbons (Fsp3) is 0.133. The third-order valence-electron chi connectivity index (χ3n) is 2.79. The van der Waals surface area contributed by atoms with Crippen LogP contribution in [-0.4, -0.2) is 0 Å². The van der Waals surface area contributed by atoms with Gasteiger partial charge in [-0.05, 0) is 28.8 Å². The zero-order valence-electron chi connectivity index (χ0n) is 9.91. The van der Waals surface area contributed by atoms with Crippen LogP contribution in [0.2, 0.25) is 0 Å². The summed E-state index contributed by atoms with van der Waals surface area (Å²) in [5, 5.41) is 8.65. The van der Waals surface area contributed by atoms with Gasteiger partial charge < -0.3 is 0 Å². The number of alkyl halides is 3. The van der Waals surface area contributed by atoms with E-state index in [1.54, 1.807) is 6.07 Å². The van der Waals surface area contributed by atoms with E-state index in [-0.39, 0.29) is 12.0 Å². The Morgan fingerprint density at radius 3 is 2.21 bits per heavy atom. The highest BCUT2D eigenvalue weighted by Gasteiger charge is 2.33. The van der Waals surface area contributed by atoms with E-state index >= 15 is 0 Å². The molecule has 0 radical (unpaired) electrons. The number of benzene rings is 2. The first-order valence-electron chi connectivity index (χ1n) is 5.65. The van der Waals surface area contributed by atoms with Crippen LogP contribution in [-0.2, 0) is 12.6 Å². The first kappa shape index (κ1) is 13.2. The average Bonchev–Trinajstić information content (AvgIpc) is 2.39. The molecule has 0 spiro atoms. The van der Waals surface area contributed by atoms with Gasteiger partial charge in [0.15, 0.2) is 0 Å². The number of hydrogen-bond acceptors (Lipinski definition) is 1. The van der Waals surface area contributed by atoms with Gasteiger partial charge in [0.1, 0.15) is 0 Å². The van der Waals surface area contributed by atoms with Crippen LogP contribution < -0.4 is 0 Å². The van der Waals surface area contributed by atoms with Gasteiger partial charge in [-0.15, -0.1) is 0 Å². The van der Waals surface area contributed by atoms with Crippen LogP contribution in [0, 0.1) is 11.3 Å². The van der Waals surface area contributed by atoms with E-state index < -0.39 is 11.7 Å². The van der Waals surface area contributed by atoms with Gasteiger partial charge in [0.2, 0.25) is 0 Å². The lowest BCUT2D eigenvalue weighted by molar-refractivity contribution is -0.138. The third-order valence-corrected chi connectivity index (χ3v) is 2.79. The van der Waals surface area contributed by atoms with Gasteiger partial charge >= 0.3 is 6.18 Å². The second-order valence-electron chi connectivity index (χ2n) is 4.07. The molecule has 2 aromatic rings.